The molecule has 0 aliphatic rings. The lowest BCUT2D eigenvalue weighted by molar-refractivity contribution is -0.144. The third kappa shape index (κ3) is 4.53. The molecule has 0 aromatic carbocycles. The Hall–Kier alpha value is -1.91. The molecule has 0 bridgehead atoms. The SMILES string of the molecule is O=C(O)CNC(=O)CNc1nc(C(F)(F)F)ns1. The number of carboxylic acid groups (broad SMARTS) is 1. The monoisotopic (exact) mass is 284 g/mol. The van der Waals surface area contributed by atoms with Gasteiger partial charge in [-0.1, -0.05) is 0 Å². The van der Waals surface area contributed by atoms with Gasteiger partial charge in [0.15, 0.2) is 0 Å². The van der Waals surface area contributed by atoms with Gasteiger partial charge in [-0.2, -0.15) is 22.5 Å². The molecule has 3 N–H and O–H groups in total. The number of aromatic nitrogens is 2. The third-order valence-electron chi connectivity index (χ3n) is 1.52. The van der Waals surface area contributed by atoms with E-state index in [9.17, 15) is 22.8 Å². The summed E-state index contributed by atoms with van der Waals surface area (Å²) in [6.45, 7) is -0.954. The van der Waals surface area contributed by atoms with E-state index in [0.29, 0.717) is 11.5 Å². The van der Waals surface area contributed by atoms with E-state index in [-0.39, 0.29) is 11.7 Å². The van der Waals surface area contributed by atoms with Crippen LogP contribution in [-0.2, 0) is 15.8 Å². The molecular formula is C7H7F3N4O3S. The molecule has 1 aromatic heterocycles. The van der Waals surface area contributed by atoms with Crippen LogP contribution < -0.4 is 10.6 Å². The van der Waals surface area contributed by atoms with E-state index in [1.165, 1.54) is 0 Å². The van der Waals surface area contributed by atoms with Crippen molar-refractivity contribution in [3.63, 3.8) is 0 Å². The molecule has 0 radical (unpaired) electrons. The summed E-state index contributed by atoms with van der Waals surface area (Å²) < 4.78 is 39.4. The second-order valence-corrected chi connectivity index (χ2v) is 3.70. The smallest absolute Gasteiger partial charge is 0.452 e. The first kappa shape index (κ1) is 14.2. The van der Waals surface area contributed by atoms with Crippen LogP contribution in [-0.4, -0.2) is 39.4 Å². The number of carbonyl (C=O) groups excluding carboxylic acids is 1. The fourth-order valence-electron chi connectivity index (χ4n) is 0.803. The number of amides is 1. The van der Waals surface area contributed by atoms with Gasteiger partial charge in [-0.3, -0.25) is 9.59 Å². The number of carbonyl (C=O) groups is 2. The predicted molar refractivity (Wildman–Crippen MR) is 54.0 cm³/mol. The van der Waals surface area contributed by atoms with Gasteiger partial charge in [-0.25, -0.2) is 0 Å². The van der Waals surface area contributed by atoms with Crippen LogP contribution in [0, 0.1) is 0 Å². The number of hydrogen-bond acceptors (Lipinski definition) is 6. The van der Waals surface area contributed by atoms with Crippen LogP contribution in [0.2, 0.25) is 0 Å². The molecule has 1 heterocycles. The van der Waals surface area contributed by atoms with E-state index < -0.39 is 30.4 Å². The molecule has 0 saturated carbocycles. The van der Waals surface area contributed by atoms with Crippen LogP contribution in [0.4, 0.5) is 18.3 Å². The summed E-state index contributed by atoms with van der Waals surface area (Å²) >= 11 is 0.454. The van der Waals surface area contributed by atoms with Crippen LogP contribution in [0.5, 0.6) is 0 Å². The maximum atomic E-state index is 12.1. The second-order valence-electron chi connectivity index (χ2n) is 2.94. The minimum atomic E-state index is -4.64. The summed E-state index contributed by atoms with van der Waals surface area (Å²) in [4.78, 5) is 24.3. The fraction of sp³-hybridized carbons (Fsp3) is 0.429. The van der Waals surface area contributed by atoms with E-state index in [1.54, 1.807) is 0 Å². The number of carboxylic acids is 1. The zero-order valence-electron chi connectivity index (χ0n) is 8.61. The highest BCUT2D eigenvalue weighted by atomic mass is 32.1. The summed E-state index contributed by atoms with van der Waals surface area (Å²) in [6.07, 6.45) is -4.64. The lowest BCUT2D eigenvalue weighted by atomic mass is 10.5. The topological polar surface area (TPSA) is 104 Å². The Morgan fingerprint density at radius 2 is 2.00 bits per heavy atom. The second kappa shape index (κ2) is 5.62. The van der Waals surface area contributed by atoms with Gasteiger partial charge < -0.3 is 15.7 Å². The molecule has 0 aliphatic carbocycles. The number of anilines is 1. The highest BCUT2D eigenvalue weighted by molar-refractivity contribution is 7.09. The minimum Gasteiger partial charge on any atom is -0.480 e. The first-order valence-electron chi connectivity index (χ1n) is 4.42. The van der Waals surface area contributed by atoms with E-state index in [0.717, 1.165) is 0 Å². The zero-order valence-corrected chi connectivity index (χ0v) is 9.43. The molecule has 0 atom stereocenters. The third-order valence-corrected chi connectivity index (χ3v) is 2.19. The Morgan fingerprint density at radius 1 is 1.33 bits per heavy atom. The Balaban J connectivity index is 2.42. The highest BCUT2D eigenvalue weighted by Gasteiger charge is 2.36. The van der Waals surface area contributed by atoms with Gasteiger partial charge in [-0.05, 0) is 0 Å². The van der Waals surface area contributed by atoms with Gasteiger partial charge in [0, 0.05) is 11.5 Å². The van der Waals surface area contributed by atoms with Gasteiger partial charge in [0.2, 0.25) is 16.9 Å². The Kier molecular flexibility index (Phi) is 4.42. The molecular weight excluding hydrogens is 277 g/mol. The van der Waals surface area contributed by atoms with Crippen LogP contribution in [0.3, 0.4) is 0 Å². The molecule has 18 heavy (non-hydrogen) atoms. The normalized spacial score (nSPS) is 11.1. The number of halogens is 3. The Labute approximate surface area is 102 Å². The molecule has 0 aliphatic heterocycles. The van der Waals surface area contributed by atoms with Crippen molar-refractivity contribution in [1.29, 1.82) is 0 Å². The maximum absolute atomic E-state index is 12.1. The standard InChI is InChI=1S/C7H7F3N4O3S/c8-7(9,10)5-13-6(18-14-5)12-1-3(15)11-2-4(16)17/h1-2H2,(H,11,15)(H,16,17)(H,12,13,14). The molecule has 100 valence electrons. The van der Waals surface area contributed by atoms with Crippen LogP contribution in [0.25, 0.3) is 0 Å². The van der Waals surface area contributed by atoms with Gasteiger partial charge in [0.05, 0.1) is 6.54 Å². The van der Waals surface area contributed by atoms with Crippen molar-refractivity contribution in [3.05, 3.63) is 5.82 Å². The van der Waals surface area contributed by atoms with Crippen molar-refractivity contribution in [2.24, 2.45) is 0 Å². The summed E-state index contributed by atoms with van der Waals surface area (Å²) in [5.41, 5.74) is 0. The molecule has 0 spiro atoms. The van der Waals surface area contributed by atoms with Gasteiger partial charge in [0.1, 0.15) is 6.54 Å². The molecule has 0 fully saturated rings. The van der Waals surface area contributed by atoms with E-state index >= 15 is 0 Å². The van der Waals surface area contributed by atoms with Gasteiger partial charge in [-0.15, -0.1) is 0 Å². The maximum Gasteiger partial charge on any atom is 0.452 e. The average molecular weight is 284 g/mol. The van der Waals surface area contributed by atoms with Crippen molar-refractivity contribution >= 4 is 28.5 Å². The summed E-state index contributed by atoms with van der Waals surface area (Å²) in [5.74, 6) is -3.19. The zero-order chi connectivity index (χ0) is 13.8. The summed E-state index contributed by atoms with van der Waals surface area (Å²) in [7, 11) is 0. The molecule has 1 aromatic rings. The van der Waals surface area contributed by atoms with Crippen LogP contribution in [0.1, 0.15) is 5.82 Å². The van der Waals surface area contributed by atoms with Crippen molar-refractivity contribution in [1.82, 2.24) is 14.7 Å². The van der Waals surface area contributed by atoms with Crippen molar-refractivity contribution in [3.8, 4) is 0 Å². The molecule has 1 amide bonds. The quantitative estimate of drug-likeness (QED) is 0.712. The van der Waals surface area contributed by atoms with Crippen LogP contribution >= 0.6 is 11.5 Å². The fourth-order valence-corrected chi connectivity index (χ4v) is 1.38. The first-order chi connectivity index (χ1) is 8.29. The largest absolute Gasteiger partial charge is 0.480 e. The van der Waals surface area contributed by atoms with Crippen molar-refractivity contribution in [2.75, 3.05) is 18.4 Å². The van der Waals surface area contributed by atoms with Gasteiger partial charge in [0.25, 0.3) is 0 Å². The Morgan fingerprint density at radius 3 is 2.50 bits per heavy atom. The predicted octanol–water partition coefficient (Wildman–Crippen LogP) is 0.170. The number of aliphatic carboxylic acids is 1. The molecule has 11 heteroatoms. The molecule has 0 unspecified atom stereocenters. The molecule has 0 saturated heterocycles. The number of rotatable bonds is 5. The average Bonchev–Trinajstić information content (AvgIpc) is 2.71. The number of hydrogen-bond donors (Lipinski definition) is 3. The number of alkyl halides is 3. The van der Waals surface area contributed by atoms with Crippen molar-refractivity contribution < 1.29 is 27.9 Å². The lowest BCUT2D eigenvalue weighted by Crippen LogP contribution is -2.33. The summed E-state index contributed by atoms with van der Waals surface area (Å²) in [6, 6.07) is 0. The van der Waals surface area contributed by atoms with E-state index in [4.69, 9.17) is 5.11 Å². The molecule has 1 rings (SSSR count). The van der Waals surface area contributed by atoms with Gasteiger partial charge >= 0.3 is 12.1 Å². The number of nitrogens with one attached hydrogen (secondary N) is 2. The number of nitrogens with zero attached hydrogens (tertiary/aromatic N) is 2. The van der Waals surface area contributed by atoms with Crippen LogP contribution in [0.15, 0.2) is 0 Å². The summed E-state index contributed by atoms with van der Waals surface area (Å²) in [5, 5.41) is 12.4. The Bertz CT molecular complexity index is 447. The van der Waals surface area contributed by atoms with Crippen molar-refractivity contribution in [2.45, 2.75) is 6.18 Å². The lowest BCUT2D eigenvalue weighted by Gasteiger charge is -2.02. The highest BCUT2D eigenvalue weighted by Crippen LogP contribution is 2.28. The van der Waals surface area contributed by atoms with E-state index in [2.05, 4.69) is 14.7 Å². The van der Waals surface area contributed by atoms with E-state index in [1.807, 2.05) is 5.32 Å². The minimum absolute atomic E-state index is 0.173. The first-order valence-corrected chi connectivity index (χ1v) is 5.19. The molecule has 7 nitrogen and oxygen atoms in total.